The molecule has 78 valence electrons. The van der Waals surface area contributed by atoms with Crippen molar-refractivity contribution in [1.82, 2.24) is 4.90 Å². The van der Waals surface area contributed by atoms with E-state index in [0.717, 1.165) is 25.9 Å². The molecular formula is C10H15NO3. The fourth-order valence-corrected chi connectivity index (χ4v) is 2.33. The van der Waals surface area contributed by atoms with Crippen molar-refractivity contribution < 1.29 is 14.3 Å². The maximum absolute atomic E-state index is 11.8. The number of carbonyl (C=O) groups is 2. The van der Waals surface area contributed by atoms with Crippen molar-refractivity contribution in [3.63, 3.8) is 0 Å². The van der Waals surface area contributed by atoms with Gasteiger partial charge in [-0.1, -0.05) is 0 Å². The molecule has 0 N–H and O–H groups in total. The lowest BCUT2D eigenvalue weighted by Gasteiger charge is -2.42. The summed E-state index contributed by atoms with van der Waals surface area (Å²) in [5.41, 5.74) is 0. The lowest BCUT2D eigenvalue weighted by Crippen LogP contribution is -2.59. The number of fused-ring (bicyclic) bond motifs is 3. The third-order valence-electron chi connectivity index (χ3n) is 3.08. The van der Waals surface area contributed by atoms with Crippen LogP contribution in [0.1, 0.15) is 19.8 Å². The Morgan fingerprint density at radius 3 is 2.64 bits per heavy atom. The van der Waals surface area contributed by atoms with E-state index in [4.69, 9.17) is 4.74 Å². The molecule has 0 aromatic rings. The Hall–Kier alpha value is -0.900. The molecule has 4 nitrogen and oxygen atoms in total. The SMILES string of the molecule is CCOC(=O)[C@@H]1C(=O)C2CCN1CC2. The smallest absolute Gasteiger partial charge is 0.331 e. The van der Waals surface area contributed by atoms with Gasteiger partial charge >= 0.3 is 5.97 Å². The van der Waals surface area contributed by atoms with Crippen molar-refractivity contribution in [3.8, 4) is 0 Å². The van der Waals surface area contributed by atoms with Gasteiger partial charge in [0.15, 0.2) is 11.8 Å². The molecule has 3 aliphatic rings. The second kappa shape index (κ2) is 3.69. The summed E-state index contributed by atoms with van der Waals surface area (Å²) >= 11 is 0. The number of ketones is 1. The average molecular weight is 197 g/mol. The number of piperidine rings is 3. The highest BCUT2D eigenvalue weighted by Crippen LogP contribution is 2.29. The Morgan fingerprint density at radius 1 is 1.50 bits per heavy atom. The highest BCUT2D eigenvalue weighted by molar-refractivity contribution is 6.05. The van der Waals surface area contributed by atoms with E-state index in [1.807, 2.05) is 4.90 Å². The maximum Gasteiger partial charge on any atom is 0.331 e. The zero-order chi connectivity index (χ0) is 10.1. The number of esters is 1. The van der Waals surface area contributed by atoms with Crippen LogP contribution < -0.4 is 0 Å². The molecule has 3 aliphatic heterocycles. The minimum atomic E-state index is -0.595. The first-order chi connectivity index (χ1) is 6.74. The van der Waals surface area contributed by atoms with E-state index in [9.17, 15) is 9.59 Å². The highest BCUT2D eigenvalue weighted by atomic mass is 16.5. The van der Waals surface area contributed by atoms with Gasteiger partial charge < -0.3 is 4.74 Å². The topological polar surface area (TPSA) is 46.6 Å². The monoisotopic (exact) mass is 197 g/mol. The van der Waals surface area contributed by atoms with Crippen LogP contribution in [-0.2, 0) is 14.3 Å². The lowest BCUT2D eigenvalue weighted by atomic mass is 9.82. The summed E-state index contributed by atoms with van der Waals surface area (Å²) < 4.78 is 4.90. The van der Waals surface area contributed by atoms with Gasteiger partial charge in [0.05, 0.1) is 6.61 Å². The van der Waals surface area contributed by atoms with Gasteiger partial charge in [0.1, 0.15) is 0 Å². The summed E-state index contributed by atoms with van der Waals surface area (Å²) in [6.45, 7) is 3.83. The van der Waals surface area contributed by atoms with E-state index >= 15 is 0 Å². The Labute approximate surface area is 83.2 Å². The van der Waals surface area contributed by atoms with Crippen LogP contribution in [0.5, 0.6) is 0 Å². The molecule has 3 rings (SSSR count). The molecule has 0 saturated carbocycles. The van der Waals surface area contributed by atoms with Crippen LogP contribution in [0.25, 0.3) is 0 Å². The van der Waals surface area contributed by atoms with Gasteiger partial charge in [-0.05, 0) is 19.8 Å². The average Bonchev–Trinajstić information content (AvgIpc) is 2.19. The number of carbonyl (C=O) groups excluding carboxylic acids is 2. The van der Waals surface area contributed by atoms with Crippen molar-refractivity contribution in [2.75, 3.05) is 19.7 Å². The summed E-state index contributed by atoms with van der Waals surface area (Å²) in [4.78, 5) is 25.2. The number of hydrogen-bond acceptors (Lipinski definition) is 4. The number of hydrogen-bond donors (Lipinski definition) is 0. The van der Waals surface area contributed by atoms with E-state index in [-0.39, 0.29) is 17.7 Å². The first kappa shape index (κ1) is 9.65. The quantitative estimate of drug-likeness (QED) is 0.469. The van der Waals surface area contributed by atoms with E-state index in [0.29, 0.717) is 6.61 Å². The van der Waals surface area contributed by atoms with Gasteiger partial charge in [0.25, 0.3) is 0 Å². The van der Waals surface area contributed by atoms with Gasteiger partial charge in [0.2, 0.25) is 0 Å². The molecule has 3 fully saturated rings. The van der Waals surface area contributed by atoms with Gasteiger partial charge in [-0.3, -0.25) is 9.69 Å². The maximum atomic E-state index is 11.8. The van der Waals surface area contributed by atoms with E-state index in [1.54, 1.807) is 6.92 Å². The molecule has 2 bridgehead atoms. The predicted octanol–water partition coefficient (Wildman–Crippen LogP) is 0.213. The molecule has 0 radical (unpaired) electrons. The zero-order valence-corrected chi connectivity index (χ0v) is 8.36. The first-order valence-corrected chi connectivity index (χ1v) is 5.18. The fraction of sp³-hybridized carbons (Fsp3) is 0.800. The van der Waals surface area contributed by atoms with Crippen LogP contribution in [0, 0.1) is 5.92 Å². The first-order valence-electron chi connectivity index (χ1n) is 5.18. The Morgan fingerprint density at radius 2 is 2.14 bits per heavy atom. The lowest BCUT2D eigenvalue weighted by molar-refractivity contribution is -0.160. The van der Waals surface area contributed by atoms with Crippen LogP contribution in [0.15, 0.2) is 0 Å². The standard InChI is InChI=1S/C10H15NO3/c1-2-14-10(13)8-9(12)7-3-5-11(8)6-4-7/h7-8H,2-6H2,1H3/t8-/m0/s1. The van der Waals surface area contributed by atoms with Gasteiger partial charge in [-0.2, -0.15) is 0 Å². The van der Waals surface area contributed by atoms with Crippen molar-refractivity contribution >= 4 is 11.8 Å². The fourth-order valence-electron chi connectivity index (χ4n) is 2.33. The predicted molar refractivity (Wildman–Crippen MR) is 49.7 cm³/mol. The van der Waals surface area contributed by atoms with Crippen molar-refractivity contribution in [2.45, 2.75) is 25.8 Å². The van der Waals surface area contributed by atoms with E-state index in [2.05, 4.69) is 0 Å². The Balaban J connectivity index is 2.10. The van der Waals surface area contributed by atoms with Crippen molar-refractivity contribution in [2.24, 2.45) is 5.92 Å². The van der Waals surface area contributed by atoms with E-state index in [1.165, 1.54) is 0 Å². The van der Waals surface area contributed by atoms with Crippen LogP contribution in [0.2, 0.25) is 0 Å². The molecule has 0 spiro atoms. The van der Waals surface area contributed by atoms with Crippen LogP contribution in [0.4, 0.5) is 0 Å². The molecule has 3 saturated heterocycles. The number of nitrogens with zero attached hydrogens (tertiary/aromatic N) is 1. The Kier molecular flexibility index (Phi) is 2.54. The minimum Gasteiger partial charge on any atom is -0.464 e. The number of rotatable bonds is 2. The summed E-state index contributed by atoms with van der Waals surface area (Å²) in [5, 5.41) is 0. The zero-order valence-electron chi connectivity index (χ0n) is 8.36. The van der Waals surface area contributed by atoms with Crippen LogP contribution in [0.3, 0.4) is 0 Å². The van der Waals surface area contributed by atoms with Gasteiger partial charge in [0, 0.05) is 19.0 Å². The van der Waals surface area contributed by atoms with Gasteiger partial charge in [-0.25, -0.2) is 4.79 Å². The van der Waals surface area contributed by atoms with E-state index < -0.39 is 6.04 Å². The normalized spacial score (nSPS) is 35.8. The molecule has 0 unspecified atom stereocenters. The largest absolute Gasteiger partial charge is 0.464 e. The summed E-state index contributed by atoms with van der Waals surface area (Å²) in [6.07, 6.45) is 1.82. The second-order valence-electron chi connectivity index (χ2n) is 3.87. The molecule has 0 amide bonds. The molecule has 0 aromatic heterocycles. The molecular weight excluding hydrogens is 182 g/mol. The van der Waals surface area contributed by atoms with Crippen LogP contribution in [-0.4, -0.2) is 42.4 Å². The molecule has 14 heavy (non-hydrogen) atoms. The highest BCUT2D eigenvalue weighted by Gasteiger charge is 2.45. The molecule has 0 aliphatic carbocycles. The third-order valence-corrected chi connectivity index (χ3v) is 3.08. The summed E-state index contributed by atoms with van der Waals surface area (Å²) in [7, 11) is 0. The molecule has 3 heterocycles. The van der Waals surface area contributed by atoms with Crippen molar-refractivity contribution in [1.29, 1.82) is 0 Å². The molecule has 0 aromatic carbocycles. The molecule has 1 atom stereocenters. The summed E-state index contributed by atoms with van der Waals surface area (Å²) in [6, 6.07) is -0.595. The number of ether oxygens (including phenoxy) is 1. The Bertz CT molecular complexity index is 256. The van der Waals surface area contributed by atoms with Crippen LogP contribution >= 0.6 is 0 Å². The second-order valence-corrected chi connectivity index (χ2v) is 3.87. The summed E-state index contributed by atoms with van der Waals surface area (Å²) in [5.74, 6) is -0.183. The third kappa shape index (κ3) is 1.43. The molecule has 4 heteroatoms. The van der Waals surface area contributed by atoms with Crippen molar-refractivity contribution in [3.05, 3.63) is 0 Å². The minimum absolute atomic E-state index is 0.0703. The number of Topliss-reactive ketones (excluding diaryl/α,β-unsaturated/α-hetero) is 1. The van der Waals surface area contributed by atoms with Gasteiger partial charge in [-0.15, -0.1) is 0 Å².